The molecule has 0 aromatic rings. The lowest BCUT2D eigenvalue weighted by Crippen LogP contribution is -2.68. The summed E-state index contributed by atoms with van der Waals surface area (Å²) in [4.78, 5) is 38.4. The smallest absolute Gasteiger partial charge is 0.331 e. The normalized spacial score (nSPS) is 48.4. The Balaban J connectivity index is 1.40. The van der Waals surface area contributed by atoms with Crippen molar-refractivity contribution in [3.8, 4) is 0 Å². The third-order valence-electron chi connectivity index (χ3n) is 9.96. The predicted octanol–water partition coefficient (Wildman–Crippen LogP) is 3.25. The van der Waals surface area contributed by atoms with E-state index < -0.39 is 58.9 Å². The molecule has 4 bridgehead atoms. The highest BCUT2D eigenvalue weighted by atomic mass is 16.7. The Bertz CT molecular complexity index is 1240. The highest BCUT2D eigenvalue weighted by Gasteiger charge is 2.83. The number of allylic oxidation sites excluding steroid dienone is 2. The SMILES string of the molecule is CC(=O)O[C@H]1C[C@@]23COC(=O)/C=C(/C)C[C@@H]4O[C@@H](C)[C@H](/C=C\C=C/C(=O)O[C@@H]5C[C@@H](O[C@@H]2C=C1C)[C@]1(CO1)[C@]53C)O4. The minimum Gasteiger partial charge on any atom is -0.462 e. The number of fused-ring (bicyclic) bond motifs is 2. The highest BCUT2D eigenvalue weighted by molar-refractivity contribution is 5.83. The van der Waals surface area contributed by atoms with Gasteiger partial charge in [-0.05, 0) is 26.3 Å². The van der Waals surface area contributed by atoms with Gasteiger partial charge in [0.25, 0.3) is 0 Å². The summed E-state index contributed by atoms with van der Waals surface area (Å²) in [6, 6.07) is 0. The molecule has 2 spiro atoms. The van der Waals surface area contributed by atoms with E-state index in [4.69, 9.17) is 33.2 Å². The molecular formula is C31H38O10. The first-order chi connectivity index (χ1) is 19.5. The number of rotatable bonds is 1. The Kier molecular flexibility index (Phi) is 7.04. The van der Waals surface area contributed by atoms with Crippen molar-refractivity contribution in [1.82, 2.24) is 0 Å². The van der Waals surface area contributed by atoms with Gasteiger partial charge in [-0.1, -0.05) is 36.8 Å². The lowest BCUT2D eigenvalue weighted by atomic mass is 9.51. The fraction of sp³-hybridized carbons (Fsp3) is 0.645. The van der Waals surface area contributed by atoms with Crippen LogP contribution >= 0.6 is 0 Å². The molecule has 0 unspecified atom stereocenters. The van der Waals surface area contributed by atoms with Crippen molar-refractivity contribution in [3.05, 3.63) is 47.6 Å². The van der Waals surface area contributed by atoms with Crippen molar-refractivity contribution in [3.63, 3.8) is 0 Å². The van der Waals surface area contributed by atoms with E-state index in [0.29, 0.717) is 25.9 Å². The van der Waals surface area contributed by atoms with Crippen molar-refractivity contribution in [1.29, 1.82) is 0 Å². The van der Waals surface area contributed by atoms with E-state index in [2.05, 4.69) is 0 Å². The van der Waals surface area contributed by atoms with Crippen molar-refractivity contribution in [2.75, 3.05) is 13.2 Å². The van der Waals surface area contributed by atoms with E-state index in [1.807, 2.05) is 39.8 Å². The summed E-state index contributed by atoms with van der Waals surface area (Å²) < 4.78 is 42.6. The van der Waals surface area contributed by atoms with Crippen LogP contribution in [-0.2, 0) is 47.5 Å². The lowest BCUT2D eigenvalue weighted by molar-refractivity contribution is -0.239. The molecule has 0 amide bonds. The van der Waals surface area contributed by atoms with Gasteiger partial charge in [0.2, 0.25) is 0 Å². The monoisotopic (exact) mass is 570 g/mol. The number of esters is 3. The van der Waals surface area contributed by atoms with Gasteiger partial charge in [-0.2, -0.15) is 0 Å². The van der Waals surface area contributed by atoms with Crippen LogP contribution in [0.4, 0.5) is 0 Å². The summed E-state index contributed by atoms with van der Waals surface area (Å²) in [6.45, 7) is 9.45. The molecular weight excluding hydrogens is 532 g/mol. The van der Waals surface area contributed by atoms with Gasteiger partial charge in [0.05, 0.1) is 35.7 Å². The number of hydrogen-bond donors (Lipinski definition) is 0. The molecule has 3 saturated heterocycles. The first-order valence-electron chi connectivity index (χ1n) is 14.3. The molecule has 0 N–H and O–H groups in total. The van der Waals surface area contributed by atoms with Gasteiger partial charge in [-0.15, -0.1) is 0 Å². The maximum absolute atomic E-state index is 13.2. The van der Waals surface area contributed by atoms with Crippen LogP contribution in [0.1, 0.15) is 53.9 Å². The number of hydrogen-bond acceptors (Lipinski definition) is 10. The number of carbonyl (C=O) groups is 3. The maximum Gasteiger partial charge on any atom is 0.331 e. The number of epoxide rings is 1. The van der Waals surface area contributed by atoms with Gasteiger partial charge < -0.3 is 33.2 Å². The van der Waals surface area contributed by atoms with Crippen LogP contribution in [0.5, 0.6) is 0 Å². The van der Waals surface area contributed by atoms with Gasteiger partial charge in [-0.25, -0.2) is 9.59 Å². The molecule has 2 aliphatic carbocycles. The molecule has 4 aliphatic heterocycles. The van der Waals surface area contributed by atoms with Crippen molar-refractivity contribution in [2.45, 2.75) is 102 Å². The van der Waals surface area contributed by atoms with E-state index in [0.717, 1.165) is 11.1 Å². The summed E-state index contributed by atoms with van der Waals surface area (Å²) in [6.07, 6.45) is 8.26. The molecule has 10 nitrogen and oxygen atoms in total. The molecule has 4 fully saturated rings. The molecule has 6 rings (SSSR count). The van der Waals surface area contributed by atoms with Crippen molar-refractivity contribution < 1.29 is 47.5 Å². The molecule has 10 atom stereocenters. The zero-order valence-corrected chi connectivity index (χ0v) is 24.1. The van der Waals surface area contributed by atoms with Gasteiger partial charge in [0, 0.05) is 38.3 Å². The van der Waals surface area contributed by atoms with Crippen LogP contribution < -0.4 is 0 Å². The molecule has 222 valence electrons. The Morgan fingerprint density at radius 1 is 1.05 bits per heavy atom. The molecule has 4 heterocycles. The van der Waals surface area contributed by atoms with Gasteiger partial charge in [0.1, 0.15) is 30.5 Å². The zero-order valence-electron chi connectivity index (χ0n) is 24.1. The number of carbonyl (C=O) groups excluding carboxylic acids is 3. The molecule has 10 heteroatoms. The van der Waals surface area contributed by atoms with Crippen LogP contribution in [0.15, 0.2) is 47.6 Å². The Morgan fingerprint density at radius 3 is 2.56 bits per heavy atom. The number of cyclic esters (lactones) is 1. The van der Waals surface area contributed by atoms with Gasteiger partial charge in [0.15, 0.2) is 6.29 Å². The van der Waals surface area contributed by atoms with Crippen LogP contribution in [0, 0.1) is 10.8 Å². The molecule has 41 heavy (non-hydrogen) atoms. The minimum atomic E-state index is -0.909. The van der Waals surface area contributed by atoms with Crippen molar-refractivity contribution in [2.24, 2.45) is 10.8 Å². The second-order valence-corrected chi connectivity index (χ2v) is 12.4. The topological polar surface area (TPSA) is 119 Å². The third-order valence-corrected chi connectivity index (χ3v) is 9.96. The minimum absolute atomic E-state index is 0.0433. The maximum atomic E-state index is 13.2. The molecule has 6 aliphatic rings. The lowest BCUT2D eigenvalue weighted by Gasteiger charge is -2.59. The molecule has 0 radical (unpaired) electrons. The van der Waals surface area contributed by atoms with Crippen LogP contribution in [0.25, 0.3) is 0 Å². The highest BCUT2D eigenvalue weighted by Crippen LogP contribution is 2.72. The summed E-state index contributed by atoms with van der Waals surface area (Å²) >= 11 is 0. The third kappa shape index (κ3) is 4.59. The second-order valence-electron chi connectivity index (χ2n) is 12.4. The van der Waals surface area contributed by atoms with Crippen molar-refractivity contribution >= 4 is 17.9 Å². The van der Waals surface area contributed by atoms with E-state index in [-0.39, 0.29) is 24.9 Å². The fourth-order valence-corrected chi connectivity index (χ4v) is 7.64. The van der Waals surface area contributed by atoms with E-state index >= 15 is 0 Å². The molecule has 0 aromatic heterocycles. The predicted molar refractivity (Wildman–Crippen MR) is 143 cm³/mol. The second kappa shape index (κ2) is 10.2. The van der Waals surface area contributed by atoms with E-state index in [1.54, 1.807) is 12.2 Å². The summed E-state index contributed by atoms with van der Waals surface area (Å²) in [5.74, 6) is -1.42. The largest absolute Gasteiger partial charge is 0.462 e. The molecule has 0 aromatic carbocycles. The van der Waals surface area contributed by atoms with Crippen LogP contribution in [0.2, 0.25) is 0 Å². The Labute approximate surface area is 239 Å². The zero-order chi connectivity index (χ0) is 29.2. The summed E-state index contributed by atoms with van der Waals surface area (Å²) in [5.41, 5.74) is -0.803. The summed E-state index contributed by atoms with van der Waals surface area (Å²) in [7, 11) is 0. The first kappa shape index (κ1) is 28.3. The van der Waals surface area contributed by atoms with E-state index in [9.17, 15) is 14.4 Å². The fourth-order valence-electron chi connectivity index (χ4n) is 7.64. The van der Waals surface area contributed by atoms with Crippen LogP contribution in [-0.4, -0.2) is 79.6 Å². The number of ether oxygens (including phenoxy) is 7. The van der Waals surface area contributed by atoms with Crippen LogP contribution in [0.3, 0.4) is 0 Å². The van der Waals surface area contributed by atoms with Gasteiger partial charge in [-0.3, -0.25) is 4.79 Å². The average Bonchev–Trinajstić information content (AvgIpc) is 3.59. The Morgan fingerprint density at radius 2 is 1.83 bits per heavy atom. The summed E-state index contributed by atoms with van der Waals surface area (Å²) in [5, 5.41) is 0. The van der Waals surface area contributed by atoms with Gasteiger partial charge >= 0.3 is 17.9 Å². The average molecular weight is 571 g/mol. The van der Waals surface area contributed by atoms with E-state index in [1.165, 1.54) is 19.1 Å². The molecule has 1 saturated carbocycles. The standard InChI is InChI=1S/C31H38O10/c1-17-10-27(34)35-15-30-14-22(38-20(4)32)18(2)12-24(30)40-25-13-23(29(30,5)31(25)16-36-31)41-26(33)9-7-6-8-21-19(3)37-28(11-17)39-21/h6-10,12,19,21-25,28H,11,13-16H2,1-5H3/b8-6-,9-7-,17-10-/t19-,21-,22-,23+,24+,25+,28+,29+,30+,31+/m0/s1. The Hall–Kier alpha value is -2.79. The quantitative estimate of drug-likeness (QED) is 0.201. The first-order valence-corrected chi connectivity index (χ1v) is 14.3.